The van der Waals surface area contributed by atoms with Crippen LogP contribution in [-0.2, 0) is 28.5 Å². The molecule has 5 rings (SSSR count). The molecule has 2 saturated carbocycles. The van der Waals surface area contributed by atoms with Gasteiger partial charge in [0.25, 0.3) is 0 Å². The first-order valence-electron chi connectivity index (χ1n) is 8.23. The molecule has 7 atom stereocenters. The Morgan fingerprint density at radius 3 is 2.65 bits per heavy atom. The fourth-order valence-electron chi connectivity index (χ4n) is 5.97. The van der Waals surface area contributed by atoms with Crippen LogP contribution in [-0.4, -0.2) is 43.1 Å². The number of cyclic esters (lactones) is 1. The Labute approximate surface area is 134 Å². The lowest BCUT2D eigenvalue weighted by Gasteiger charge is -2.53. The summed E-state index contributed by atoms with van der Waals surface area (Å²) in [6.07, 6.45) is 2.89. The molecule has 0 aromatic heterocycles. The highest BCUT2D eigenvalue weighted by Crippen LogP contribution is 2.72. The second kappa shape index (κ2) is 3.81. The van der Waals surface area contributed by atoms with Crippen LogP contribution >= 0.6 is 0 Å². The van der Waals surface area contributed by atoms with E-state index >= 15 is 0 Å². The number of carbonyl (C=O) groups excluding carboxylic acids is 2. The Kier molecular flexibility index (Phi) is 2.31. The van der Waals surface area contributed by atoms with Crippen molar-refractivity contribution < 1.29 is 28.5 Å². The summed E-state index contributed by atoms with van der Waals surface area (Å²) < 4.78 is 22.6. The third kappa shape index (κ3) is 1.32. The van der Waals surface area contributed by atoms with Crippen molar-refractivity contribution in [1.82, 2.24) is 0 Å². The van der Waals surface area contributed by atoms with Crippen molar-refractivity contribution in [2.75, 3.05) is 7.11 Å². The second-order valence-corrected chi connectivity index (χ2v) is 7.93. The molecule has 1 spiro atoms. The van der Waals surface area contributed by atoms with Gasteiger partial charge < -0.3 is 18.9 Å². The van der Waals surface area contributed by atoms with Gasteiger partial charge in [-0.15, -0.1) is 0 Å². The third-order valence-corrected chi connectivity index (χ3v) is 6.87. The maximum atomic E-state index is 12.6. The number of esters is 2. The largest absolute Gasteiger partial charge is 0.459 e. The van der Waals surface area contributed by atoms with Gasteiger partial charge in [-0.05, 0) is 30.8 Å². The van der Waals surface area contributed by atoms with Gasteiger partial charge >= 0.3 is 11.9 Å². The summed E-state index contributed by atoms with van der Waals surface area (Å²) in [5.74, 6) is -0.500. The van der Waals surface area contributed by atoms with E-state index in [1.165, 1.54) is 7.11 Å². The van der Waals surface area contributed by atoms with E-state index in [-0.39, 0.29) is 29.5 Å². The SMILES string of the molecule is CO[C@H]1OC(=O)C=C2C13OC3[C@H]1OC(=O)[C@@]3(C)CCC[C@@]2(C)C13. The molecule has 3 heterocycles. The molecule has 23 heavy (non-hydrogen) atoms. The molecule has 0 aromatic rings. The minimum Gasteiger partial charge on any atom is -0.459 e. The van der Waals surface area contributed by atoms with Crippen molar-refractivity contribution in [3.05, 3.63) is 11.6 Å². The van der Waals surface area contributed by atoms with Gasteiger partial charge in [0.05, 0.1) is 5.41 Å². The summed E-state index contributed by atoms with van der Waals surface area (Å²) in [6.45, 7) is 4.14. The molecule has 2 saturated heterocycles. The molecule has 2 aliphatic carbocycles. The molecular formula is C17H20O6. The van der Waals surface area contributed by atoms with Crippen LogP contribution < -0.4 is 0 Å². The van der Waals surface area contributed by atoms with Gasteiger partial charge in [-0.2, -0.15) is 0 Å². The Morgan fingerprint density at radius 2 is 1.91 bits per heavy atom. The average Bonchev–Trinajstić information content (AvgIpc) is 3.17. The average molecular weight is 320 g/mol. The monoisotopic (exact) mass is 320 g/mol. The number of carbonyl (C=O) groups is 2. The van der Waals surface area contributed by atoms with E-state index in [0.717, 1.165) is 24.8 Å². The van der Waals surface area contributed by atoms with Gasteiger partial charge in [0.15, 0.2) is 5.60 Å². The molecule has 0 radical (unpaired) electrons. The fourth-order valence-corrected chi connectivity index (χ4v) is 5.97. The van der Waals surface area contributed by atoms with Gasteiger partial charge in [-0.1, -0.05) is 13.3 Å². The number of fused-ring (bicyclic) bond motifs is 2. The van der Waals surface area contributed by atoms with Crippen LogP contribution in [0.25, 0.3) is 0 Å². The van der Waals surface area contributed by atoms with E-state index in [1.807, 2.05) is 6.92 Å². The lowest BCUT2D eigenvalue weighted by atomic mass is 9.48. The summed E-state index contributed by atoms with van der Waals surface area (Å²) in [7, 11) is 1.51. The maximum absolute atomic E-state index is 12.6. The van der Waals surface area contributed by atoms with Crippen molar-refractivity contribution in [1.29, 1.82) is 0 Å². The van der Waals surface area contributed by atoms with Crippen molar-refractivity contribution >= 4 is 11.9 Å². The van der Waals surface area contributed by atoms with Crippen molar-refractivity contribution in [2.24, 2.45) is 16.7 Å². The Hall–Kier alpha value is -1.40. The van der Waals surface area contributed by atoms with E-state index in [1.54, 1.807) is 6.08 Å². The second-order valence-electron chi connectivity index (χ2n) is 7.93. The summed E-state index contributed by atoms with van der Waals surface area (Å²) >= 11 is 0. The van der Waals surface area contributed by atoms with Crippen LogP contribution in [0.5, 0.6) is 0 Å². The van der Waals surface area contributed by atoms with Crippen LogP contribution in [0.2, 0.25) is 0 Å². The number of rotatable bonds is 1. The van der Waals surface area contributed by atoms with Gasteiger partial charge in [0.1, 0.15) is 12.2 Å². The molecule has 0 amide bonds. The molecule has 6 heteroatoms. The van der Waals surface area contributed by atoms with E-state index in [9.17, 15) is 9.59 Å². The maximum Gasteiger partial charge on any atom is 0.333 e. The number of hydrogen-bond acceptors (Lipinski definition) is 6. The first-order chi connectivity index (χ1) is 10.9. The normalized spacial score (nSPS) is 55.9. The zero-order valence-electron chi connectivity index (χ0n) is 13.5. The minimum absolute atomic E-state index is 0.0338. The molecule has 6 nitrogen and oxygen atoms in total. The summed E-state index contributed by atoms with van der Waals surface area (Å²) in [6, 6.07) is 0. The van der Waals surface area contributed by atoms with Crippen LogP contribution in [0.4, 0.5) is 0 Å². The summed E-state index contributed by atoms with van der Waals surface area (Å²) in [5.41, 5.74) is -0.654. The highest BCUT2D eigenvalue weighted by atomic mass is 16.8. The van der Waals surface area contributed by atoms with Gasteiger partial charge in [0, 0.05) is 19.1 Å². The molecule has 0 N–H and O–H groups in total. The first kappa shape index (κ1) is 14.0. The molecule has 0 aromatic carbocycles. The van der Waals surface area contributed by atoms with Crippen LogP contribution in [0, 0.1) is 16.7 Å². The van der Waals surface area contributed by atoms with E-state index in [2.05, 4.69) is 6.92 Å². The Balaban J connectivity index is 1.73. The first-order valence-corrected chi connectivity index (χ1v) is 8.23. The smallest absolute Gasteiger partial charge is 0.333 e. The lowest BCUT2D eigenvalue weighted by Crippen LogP contribution is -2.60. The van der Waals surface area contributed by atoms with Crippen LogP contribution in [0.3, 0.4) is 0 Å². The number of hydrogen-bond donors (Lipinski definition) is 0. The van der Waals surface area contributed by atoms with Crippen molar-refractivity contribution in [3.8, 4) is 0 Å². The van der Waals surface area contributed by atoms with Crippen molar-refractivity contribution in [2.45, 2.75) is 57.2 Å². The van der Waals surface area contributed by atoms with Crippen LogP contribution in [0.1, 0.15) is 33.1 Å². The molecule has 0 bridgehead atoms. The van der Waals surface area contributed by atoms with Crippen molar-refractivity contribution in [3.63, 3.8) is 0 Å². The van der Waals surface area contributed by atoms with Gasteiger partial charge in [-0.25, -0.2) is 4.79 Å². The predicted molar refractivity (Wildman–Crippen MR) is 76.0 cm³/mol. The quantitative estimate of drug-likeness (QED) is 0.536. The third-order valence-electron chi connectivity index (χ3n) is 6.87. The number of methoxy groups -OCH3 is 1. The summed E-state index contributed by atoms with van der Waals surface area (Å²) in [4.78, 5) is 24.6. The number of ether oxygens (including phenoxy) is 4. The standard InChI is InChI=1S/C17H20O6/c1-15-5-4-6-16(2)11(15)10(22-13(16)19)12-17(23-12)8(15)7-9(18)21-14(17)20-3/h7,10-12,14H,4-6H2,1-3H3/t10-,11?,12?,14-,15+,16-,17?/m0/s1. The number of epoxide rings is 1. The molecule has 5 aliphatic rings. The van der Waals surface area contributed by atoms with E-state index in [0.29, 0.717) is 0 Å². The lowest BCUT2D eigenvalue weighted by molar-refractivity contribution is -0.187. The Morgan fingerprint density at radius 1 is 1.17 bits per heavy atom. The highest BCUT2D eigenvalue weighted by molar-refractivity contribution is 5.87. The molecule has 124 valence electrons. The predicted octanol–water partition coefficient (Wildman–Crippen LogP) is 1.33. The van der Waals surface area contributed by atoms with Crippen LogP contribution in [0.15, 0.2) is 11.6 Å². The molecule has 4 fully saturated rings. The Bertz CT molecular complexity index is 670. The van der Waals surface area contributed by atoms with Gasteiger partial charge in [0.2, 0.25) is 6.29 Å². The summed E-state index contributed by atoms with van der Waals surface area (Å²) in [5, 5.41) is 0. The molecular weight excluding hydrogens is 300 g/mol. The highest BCUT2D eigenvalue weighted by Gasteiger charge is 2.83. The molecule has 3 aliphatic heterocycles. The zero-order chi connectivity index (χ0) is 16.2. The topological polar surface area (TPSA) is 74.4 Å². The minimum atomic E-state index is -0.776. The van der Waals surface area contributed by atoms with E-state index in [4.69, 9.17) is 18.9 Å². The van der Waals surface area contributed by atoms with Gasteiger partial charge in [-0.3, -0.25) is 4.79 Å². The zero-order valence-corrected chi connectivity index (χ0v) is 13.5. The fraction of sp³-hybridized carbons (Fsp3) is 0.765. The van der Waals surface area contributed by atoms with E-state index < -0.39 is 23.3 Å². The molecule has 3 unspecified atom stereocenters.